The minimum absolute atomic E-state index is 0.0583. The van der Waals surface area contributed by atoms with E-state index in [9.17, 15) is 9.90 Å². The summed E-state index contributed by atoms with van der Waals surface area (Å²) in [6.45, 7) is 2.28. The van der Waals surface area contributed by atoms with E-state index in [0.717, 1.165) is 24.4 Å². The molecule has 0 heterocycles. The molecule has 0 radical (unpaired) electrons. The molecule has 1 N–H and O–H groups in total. The van der Waals surface area contributed by atoms with Gasteiger partial charge in [-0.3, -0.25) is 4.79 Å². The second-order valence-electron chi connectivity index (χ2n) is 5.59. The first-order valence-electron chi connectivity index (χ1n) is 7.34. The van der Waals surface area contributed by atoms with Crippen LogP contribution in [0.4, 0.5) is 5.69 Å². The standard InChI is InChI=1S/C16H22ClNO2/c1-2-12-4-3-5-15(10-12)18(11-16(19)20)14-8-6-13(17)7-9-14/h6-9,12,15H,2-5,10-11H2,1H3,(H,19,20). The second-order valence-corrected chi connectivity index (χ2v) is 6.03. The van der Waals surface area contributed by atoms with Crippen LogP contribution in [0.2, 0.25) is 5.02 Å². The van der Waals surface area contributed by atoms with Gasteiger partial charge in [-0.25, -0.2) is 0 Å². The Morgan fingerprint density at radius 1 is 1.35 bits per heavy atom. The van der Waals surface area contributed by atoms with Gasteiger partial charge < -0.3 is 10.0 Å². The van der Waals surface area contributed by atoms with Crippen molar-refractivity contribution in [1.29, 1.82) is 0 Å². The van der Waals surface area contributed by atoms with Crippen molar-refractivity contribution in [1.82, 2.24) is 0 Å². The maximum atomic E-state index is 11.2. The number of carboxylic acids is 1. The Morgan fingerprint density at radius 2 is 2.05 bits per heavy atom. The zero-order chi connectivity index (χ0) is 14.5. The van der Waals surface area contributed by atoms with Gasteiger partial charge in [0.1, 0.15) is 6.54 Å². The Kier molecular flexibility index (Phi) is 5.30. The van der Waals surface area contributed by atoms with E-state index in [1.165, 1.54) is 19.3 Å². The number of carbonyl (C=O) groups is 1. The molecule has 2 rings (SSSR count). The van der Waals surface area contributed by atoms with Gasteiger partial charge >= 0.3 is 5.97 Å². The van der Waals surface area contributed by atoms with E-state index in [1.807, 2.05) is 29.2 Å². The molecule has 0 saturated heterocycles. The van der Waals surface area contributed by atoms with Crippen molar-refractivity contribution < 1.29 is 9.90 Å². The number of carboxylic acid groups (broad SMARTS) is 1. The van der Waals surface area contributed by atoms with E-state index in [-0.39, 0.29) is 6.54 Å². The van der Waals surface area contributed by atoms with E-state index in [0.29, 0.717) is 11.1 Å². The zero-order valence-corrected chi connectivity index (χ0v) is 12.6. The van der Waals surface area contributed by atoms with E-state index in [2.05, 4.69) is 6.92 Å². The Hall–Kier alpha value is -1.22. The Bertz CT molecular complexity index is 446. The molecule has 2 atom stereocenters. The summed E-state index contributed by atoms with van der Waals surface area (Å²) in [6, 6.07) is 7.81. The van der Waals surface area contributed by atoms with Gasteiger partial charge in [-0.1, -0.05) is 37.8 Å². The highest BCUT2D eigenvalue weighted by molar-refractivity contribution is 6.30. The van der Waals surface area contributed by atoms with E-state index >= 15 is 0 Å². The third kappa shape index (κ3) is 3.89. The maximum absolute atomic E-state index is 11.2. The molecule has 0 aliphatic heterocycles. The van der Waals surface area contributed by atoms with Crippen LogP contribution < -0.4 is 4.90 Å². The van der Waals surface area contributed by atoms with Crippen LogP contribution >= 0.6 is 11.6 Å². The lowest BCUT2D eigenvalue weighted by molar-refractivity contribution is -0.135. The van der Waals surface area contributed by atoms with Crippen molar-refractivity contribution >= 4 is 23.3 Å². The molecule has 2 unspecified atom stereocenters. The molecule has 4 heteroatoms. The number of aliphatic carboxylic acids is 1. The van der Waals surface area contributed by atoms with Crippen molar-refractivity contribution in [3.05, 3.63) is 29.3 Å². The van der Waals surface area contributed by atoms with Gasteiger partial charge in [0, 0.05) is 16.8 Å². The lowest BCUT2D eigenvalue weighted by Crippen LogP contribution is -2.42. The highest BCUT2D eigenvalue weighted by Crippen LogP contribution is 2.32. The summed E-state index contributed by atoms with van der Waals surface area (Å²) in [7, 11) is 0. The van der Waals surface area contributed by atoms with Crippen LogP contribution in [0.5, 0.6) is 0 Å². The SMILES string of the molecule is CCC1CCCC(N(CC(=O)O)c2ccc(Cl)cc2)C1. The highest BCUT2D eigenvalue weighted by atomic mass is 35.5. The summed E-state index contributed by atoms with van der Waals surface area (Å²) in [5.74, 6) is -0.0593. The van der Waals surface area contributed by atoms with Gasteiger partial charge in [0.25, 0.3) is 0 Å². The Labute approximate surface area is 125 Å². The predicted molar refractivity (Wildman–Crippen MR) is 82.5 cm³/mol. The molecule has 0 amide bonds. The lowest BCUT2D eigenvalue weighted by Gasteiger charge is -2.38. The smallest absolute Gasteiger partial charge is 0.323 e. The molecule has 1 aromatic rings. The van der Waals surface area contributed by atoms with Crippen molar-refractivity contribution in [3.8, 4) is 0 Å². The number of hydrogen-bond acceptors (Lipinski definition) is 2. The van der Waals surface area contributed by atoms with Gasteiger partial charge in [-0.05, 0) is 43.0 Å². The average Bonchev–Trinajstić information content (AvgIpc) is 2.46. The van der Waals surface area contributed by atoms with Crippen molar-refractivity contribution in [2.24, 2.45) is 5.92 Å². The molecule has 20 heavy (non-hydrogen) atoms. The van der Waals surface area contributed by atoms with Gasteiger partial charge in [0.05, 0.1) is 0 Å². The minimum Gasteiger partial charge on any atom is -0.480 e. The molecular weight excluding hydrogens is 274 g/mol. The fourth-order valence-electron chi connectivity index (χ4n) is 3.13. The average molecular weight is 296 g/mol. The number of hydrogen-bond donors (Lipinski definition) is 1. The summed E-state index contributed by atoms with van der Waals surface area (Å²) in [5, 5.41) is 9.87. The summed E-state index contributed by atoms with van der Waals surface area (Å²) in [6.07, 6.45) is 5.80. The molecule has 0 aromatic heterocycles. The summed E-state index contributed by atoms with van der Waals surface area (Å²) in [4.78, 5) is 13.2. The third-order valence-corrected chi connectivity index (χ3v) is 4.49. The van der Waals surface area contributed by atoms with Crippen LogP contribution in [0.1, 0.15) is 39.0 Å². The summed E-state index contributed by atoms with van der Waals surface area (Å²) in [5.41, 5.74) is 0.957. The van der Waals surface area contributed by atoms with Crippen molar-refractivity contribution in [3.63, 3.8) is 0 Å². The largest absolute Gasteiger partial charge is 0.480 e. The first kappa shape index (κ1) is 15.2. The second kappa shape index (κ2) is 6.98. The molecule has 1 saturated carbocycles. The quantitative estimate of drug-likeness (QED) is 0.885. The lowest BCUT2D eigenvalue weighted by atomic mass is 9.83. The minimum atomic E-state index is -0.779. The van der Waals surface area contributed by atoms with Crippen LogP contribution in [-0.4, -0.2) is 23.7 Å². The van der Waals surface area contributed by atoms with E-state index < -0.39 is 5.97 Å². The number of benzene rings is 1. The molecule has 1 aromatic carbocycles. The van der Waals surface area contributed by atoms with Gasteiger partial charge in [-0.2, -0.15) is 0 Å². The topological polar surface area (TPSA) is 40.5 Å². The number of nitrogens with zero attached hydrogens (tertiary/aromatic N) is 1. The molecule has 110 valence electrons. The van der Waals surface area contributed by atoms with E-state index in [1.54, 1.807) is 0 Å². The Balaban J connectivity index is 2.18. The summed E-state index contributed by atoms with van der Waals surface area (Å²) < 4.78 is 0. The highest BCUT2D eigenvalue weighted by Gasteiger charge is 2.27. The fourth-order valence-corrected chi connectivity index (χ4v) is 3.25. The first-order valence-corrected chi connectivity index (χ1v) is 7.72. The zero-order valence-electron chi connectivity index (χ0n) is 11.9. The molecular formula is C16H22ClNO2. The first-order chi connectivity index (χ1) is 9.60. The molecule has 1 aliphatic rings. The van der Waals surface area contributed by atoms with Crippen LogP contribution in [0.25, 0.3) is 0 Å². The summed E-state index contributed by atoms with van der Waals surface area (Å²) >= 11 is 5.92. The maximum Gasteiger partial charge on any atom is 0.323 e. The van der Waals surface area contributed by atoms with Gasteiger partial charge in [-0.15, -0.1) is 0 Å². The van der Waals surface area contributed by atoms with Crippen LogP contribution in [0, 0.1) is 5.92 Å². The predicted octanol–water partition coefficient (Wildman–Crippen LogP) is 4.20. The number of anilines is 1. The molecule has 1 fully saturated rings. The van der Waals surface area contributed by atoms with Gasteiger partial charge in [0.2, 0.25) is 0 Å². The third-order valence-electron chi connectivity index (χ3n) is 4.24. The Morgan fingerprint density at radius 3 is 2.65 bits per heavy atom. The molecule has 1 aliphatic carbocycles. The fraction of sp³-hybridized carbons (Fsp3) is 0.562. The normalized spacial score (nSPS) is 22.5. The molecule has 0 spiro atoms. The number of rotatable bonds is 5. The van der Waals surface area contributed by atoms with Crippen LogP contribution in [0.15, 0.2) is 24.3 Å². The van der Waals surface area contributed by atoms with Crippen LogP contribution in [0.3, 0.4) is 0 Å². The van der Waals surface area contributed by atoms with E-state index in [4.69, 9.17) is 11.6 Å². The van der Waals surface area contributed by atoms with Crippen molar-refractivity contribution in [2.45, 2.75) is 45.1 Å². The number of halogens is 1. The molecule has 3 nitrogen and oxygen atoms in total. The monoisotopic (exact) mass is 295 g/mol. The van der Waals surface area contributed by atoms with Gasteiger partial charge in [0.15, 0.2) is 0 Å². The molecule has 0 bridgehead atoms. The van der Waals surface area contributed by atoms with Crippen LogP contribution in [-0.2, 0) is 4.79 Å². The van der Waals surface area contributed by atoms with Crippen molar-refractivity contribution in [2.75, 3.05) is 11.4 Å².